The van der Waals surface area contributed by atoms with Gasteiger partial charge in [0.15, 0.2) is 0 Å². The third-order valence-electron chi connectivity index (χ3n) is 3.17. The molecule has 0 spiro atoms. The van der Waals surface area contributed by atoms with Crippen LogP contribution >= 0.6 is 0 Å². The predicted octanol–water partition coefficient (Wildman–Crippen LogP) is 2.83. The summed E-state index contributed by atoms with van der Waals surface area (Å²) < 4.78 is 0. The minimum atomic E-state index is 0.0569. The van der Waals surface area contributed by atoms with Gasteiger partial charge in [-0.05, 0) is 11.6 Å². The lowest BCUT2D eigenvalue weighted by molar-refractivity contribution is 0.455. The number of rotatable bonds is 2. The van der Waals surface area contributed by atoms with Gasteiger partial charge in [-0.3, -0.25) is 0 Å². The Morgan fingerprint density at radius 3 is 2.50 bits per heavy atom. The van der Waals surface area contributed by atoms with Gasteiger partial charge in [-0.1, -0.05) is 48.5 Å². The van der Waals surface area contributed by atoms with Crippen LogP contribution in [0.1, 0.15) is 23.6 Å². The molecule has 3 rings (SSSR count). The lowest BCUT2D eigenvalue weighted by Crippen LogP contribution is -2.09. The first-order valence-electron chi connectivity index (χ1n) is 6.00. The minimum absolute atomic E-state index is 0.0569. The van der Waals surface area contributed by atoms with Crippen molar-refractivity contribution in [3.63, 3.8) is 0 Å². The molecule has 0 saturated carbocycles. The summed E-state index contributed by atoms with van der Waals surface area (Å²) in [5.74, 6) is 0.319. The molecule has 2 N–H and O–H groups in total. The number of para-hydroxylation sites is 1. The van der Waals surface area contributed by atoms with Crippen LogP contribution in [0.4, 0.5) is 0 Å². The largest absolute Gasteiger partial charge is 0.508 e. The second-order valence-electron chi connectivity index (χ2n) is 4.37. The zero-order chi connectivity index (χ0) is 12.4. The molecule has 0 aliphatic carbocycles. The average Bonchev–Trinajstić information content (AvgIpc) is 2.90. The van der Waals surface area contributed by atoms with E-state index in [1.54, 1.807) is 6.07 Å². The molecule has 0 amide bonds. The summed E-state index contributed by atoms with van der Waals surface area (Å²) in [6, 6.07) is 17.5. The van der Waals surface area contributed by atoms with Crippen molar-refractivity contribution >= 4 is 5.71 Å². The number of hydrogen-bond acceptors (Lipinski definition) is 3. The van der Waals surface area contributed by atoms with Crippen LogP contribution in [0.25, 0.3) is 0 Å². The normalized spacial score (nSPS) is 18.2. The van der Waals surface area contributed by atoms with Crippen LogP contribution in [-0.4, -0.2) is 10.8 Å². The smallest absolute Gasteiger partial charge is 0.120 e. The summed E-state index contributed by atoms with van der Waals surface area (Å²) in [5, 5.41) is 14.2. The second-order valence-corrected chi connectivity index (χ2v) is 4.37. The van der Waals surface area contributed by atoms with Gasteiger partial charge in [0.1, 0.15) is 5.75 Å². The van der Waals surface area contributed by atoms with Crippen molar-refractivity contribution in [3.05, 3.63) is 65.7 Å². The highest BCUT2D eigenvalue weighted by Gasteiger charge is 2.22. The van der Waals surface area contributed by atoms with Crippen molar-refractivity contribution in [2.45, 2.75) is 12.5 Å². The quantitative estimate of drug-likeness (QED) is 0.845. The Balaban J connectivity index is 1.81. The van der Waals surface area contributed by atoms with E-state index in [-0.39, 0.29) is 6.04 Å². The Labute approximate surface area is 106 Å². The molecule has 0 radical (unpaired) electrons. The number of aromatic hydroxyl groups is 1. The molecular weight excluding hydrogens is 224 g/mol. The van der Waals surface area contributed by atoms with E-state index < -0.39 is 0 Å². The standard InChI is InChI=1S/C15H14N2O/c18-15-9-5-4-8-12(15)14-10-13(16-17-14)11-6-2-1-3-7-11/h1-9,14,17-18H,10H2/t14-/m1/s1. The average molecular weight is 238 g/mol. The van der Waals surface area contributed by atoms with Crippen molar-refractivity contribution in [2.75, 3.05) is 0 Å². The molecule has 1 atom stereocenters. The van der Waals surface area contributed by atoms with Gasteiger partial charge in [0.05, 0.1) is 11.8 Å². The summed E-state index contributed by atoms with van der Waals surface area (Å²) in [7, 11) is 0. The molecule has 3 nitrogen and oxygen atoms in total. The van der Waals surface area contributed by atoms with Gasteiger partial charge in [0.2, 0.25) is 0 Å². The zero-order valence-corrected chi connectivity index (χ0v) is 9.88. The summed E-state index contributed by atoms with van der Waals surface area (Å²) >= 11 is 0. The third kappa shape index (κ3) is 1.95. The number of hydrazone groups is 1. The van der Waals surface area contributed by atoms with Crippen LogP contribution < -0.4 is 5.43 Å². The molecule has 2 aromatic carbocycles. The molecule has 0 fully saturated rings. The topological polar surface area (TPSA) is 44.6 Å². The Morgan fingerprint density at radius 2 is 1.72 bits per heavy atom. The first kappa shape index (κ1) is 10.8. The van der Waals surface area contributed by atoms with Crippen molar-refractivity contribution < 1.29 is 5.11 Å². The molecular formula is C15H14N2O. The number of phenolic OH excluding ortho intramolecular Hbond substituents is 1. The Kier molecular flexibility index (Phi) is 2.73. The van der Waals surface area contributed by atoms with Crippen molar-refractivity contribution in [3.8, 4) is 5.75 Å². The SMILES string of the molecule is Oc1ccccc1[C@H]1CC(c2ccccc2)=NN1. The van der Waals surface area contributed by atoms with Crippen molar-refractivity contribution in [1.29, 1.82) is 0 Å². The van der Waals surface area contributed by atoms with Gasteiger partial charge in [-0.15, -0.1) is 0 Å². The van der Waals surface area contributed by atoms with E-state index >= 15 is 0 Å². The van der Waals surface area contributed by atoms with Gasteiger partial charge in [-0.2, -0.15) is 5.10 Å². The first-order chi connectivity index (χ1) is 8.84. The number of benzene rings is 2. The van der Waals surface area contributed by atoms with E-state index in [2.05, 4.69) is 10.5 Å². The third-order valence-corrected chi connectivity index (χ3v) is 3.17. The van der Waals surface area contributed by atoms with Crippen LogP contribution in [0.5, 0.6) is 5.75 Å². The van der Waals surface area contributed by atoms with Gasteiger partial charge in [-0.25, -0.2) is 0 Å². The molecule has 2 aromatic rings. The van der Waals surface area contributed by atoms with Gasteiger partial charge < -0.3 is 10.5 Å². The Bertz CT molecular complexity index is 578. The van der Waals surface area contributed by atoms with Crippen LogP contribution in [0.3, 0.4) is 0 Å². The molecule has 0 saturated heterocycles. The van der Waals surface area contributed by atoms with Crippen molar-refractivity contribution in [1.82, 2.24) is 5.43 Å². The molecule has 0 aromatic heterocycles. The Morgan fingerprint density at radius 1 is 1.00 bits per heavy atom. The van der Waals surface area contributed by atoms with Crippen LogP contribution in [0.2, 0.25) is 0 Å². The lowest BCUT2D eigenvalue weighted by atomic mass is 9.98. The lowest BCUT2D eigenvalue weighted by Gasteiger charge is -2.11. The summed E-state index contributed by atoms with van der Waals surface area (Å²) in [5.41, 5.74) is 6.14. The van der Waals surface area contributed by atoms with E-state index in [0.717, 1.165) is 23.3 Å². The highest BCUT2D eigenvalue weighted by atomic mass is 16.3. The van der Waals surface area contributed by atoms with E-state index in [1.807, 2.05) is 48.5 Å². The molecule has 90 valence electrons. The van der Waals surface area contributed by atoms with Gasteiger partial charge in [0.25, 0.3) is 0 Å². The number of hydrogen-bond donors (Lipinski definition) is 2. The highest BCUT2D eigenvalue weighted by molar-refractivity contribution is 6.01. The molecule has 1 heterocycles. The molecule has 18 heavy (non-hydrogen) atoms. The molecule has 0 unspecified atom stereocenters. The number of phenols is 1. The monoisotopic (exact) mass is 238 g/mol. The van der Waals surface area contributed by atoms with Crippen LogP contribution in [0.15, 0.2) is 59.7 Å². The zero-order valence-electron chi connectivity index (χ0n) is 9.88. The fraction of sp³-hybridized carbons (Fsp3) is 0.133. The molecule has 0 bridgehead atoms. The number of nitrogens with zero attached hydrogens (tertiary/aromatic N) is 1. The molecule has 3 heteroatoms. The summed E-state index contributed by atoms with van der Waals surface area (Å²) in [6.45, 7) is 0. The fourth-order valence-electron chi connectivity index (χ4n) is 2.22. The van der Waals surface area contributed by atoms with Crippen LogP contribution in [0, 0.1) is 0 Å². The maximum atomic E-state index is 9.84. The molecule has 1 aliphatic heterocycles. The van der Waals surface area contributed by atoms with Crippen LogP contribution in [-0.2, 0) is 0 Å². The first-order valence-corrected chi connectivity index (χ1v) is 6.00. The van der Waals surface area contributed by atoms with Crippen molar-refractivity contribution in [2.24, 2.45) is 5.10 Å². The van der Waals surface area contributed by atoms with E-state index in [4.69, 9.17) is 0 Å². The highest BCUT2D eigenvalue weighted by Crippen LogP contribution is 2.30. The van der Waals surface area contributed by atoms with Gasteiger partial charge >= 0.3 is 0 Å². The summed E-state index contributed by atoms with van der Waals surface area (Å²) in [6.07, 6.45) is 0.793. The van der Waals surface area contributed by atoms with E-state index in [9.17, 15) is 5.11 Å². The Hall–Kier alpha value is -2.29. The van der Waals surface area contributed by atoms with E-state index in [1.165, 1.54) is 0 Å². The van der Waals surface area contributed by atoms with Gasteiger partial charge in [0, 0.05) is 12.0 Å². The predicted molar refractivity (Wildman–Crippen MR) is 71.6 cm³/mol. The molecule has 1 aliphatic rings. The maximum absolute atomic E-state index is 9.84. The summed E-state index contributed by atoms with van der Waals surface area (Å²) in [4.78, 5) is 0. The minimum Gasteiger partial charge on any atom is -0.508 e. The maximum Gasteiger partial charge on any atom is 0.120 e. The second kappa shape index (κ2) is 4.53. The fourth-order valence-corrected chi connectivity index (χ4v) is 2.22. The number of nitrogens with one attached hydrogen (secondary N) is 1. The van der Waals surface area contributed by atoms with E-state index in [0.29, 0.717) is 5.75 Å².